The molecular weight excluding hydrogens is 321 g/mol. The van der Waals surface area contributed by atoms with Crippen molar-refractivity contribution in [2.45, 2.75) is 12.3 Å². The Bertz CT molecular complexity index is 712. The Morgan fingerprint density at radius 3 is 2.45 bits per heavy atom. The summed E-state index contributed by atoms with van der Waals surface area (Å²) in [4.78, 5) is 16.0. The number of guanidine groups is 1. The highest BCUT2D eigenvalue weighted by atomic mass is 35.5. The second-order valence-electron chi connectivity index (χ2n) is 4.78. The molecule has 0 aromatic heterocycles. The zero-order valence-electron chi connectivity index (χ0n) is 11.7. The van der Waals surface area contributed by atoms with Gasteiger partial charge in [-0.1, -0.05) is 53.5 Å². The molecule has 1 atom stereocenters. The van der Waals surface area contributed by atoms with Gasteiger partial charge in [-0.2, -0.15) is 4.99 Å². The van der Waals surface area contributed by atoms with Gasteiger partial charge in [-0.3, -0.25) is 4.79 Å². The minimum absolute atomic E-state index is 0.267. The molecule has 0 saturated carbocycles. The molecule has 2 rings (SSSR count). The van der Waals surface area contributed by atoms with Crippen LogP contribution in [0.1, 0.15) is 17.0 Å². The van der Waals surface area contributed by atoms with E-state index in [9.17, 15) is 4.79 Å². The van der Waals surface area contributed by atoms with Gasteiger partial charge in [-0.15, -0.1) is 0 Å². The number of carbonyl (C=O) groups excluding carboxylic acids is 1. The quantitative estimate of drug-likeness (QED) is 0.665. The SMILES string of the molecule is NC(N)=NC(=O)C(Cc1ccccc1Cl)c1cccc(Cl)c1. The van der Waals surface area contributed by atoms with Crippen LogP contribution in [-0.2, 0) is 11.2 Å². The molecular formula is C16H15Cl2N3O. The van der Waals surface area contributed by atoms with E-state index in [1.54, 1.807) is 24.3 Å². The van der Waals surface area contributed by atoms with Crippen LogP contribution in [0.25, 0.3) is 0 Å². The van der Waals surface area contributed by atoms with E-state index in [0.29, 0.717) is 16.5 Å². The van der Waals surface area contributed by atoms with Crippen molar-refractivity contribution in [3.8, 4) is 0 Å². The Morgan fingerprint density at radius 2 is 1.82 bits per heavy atom. The van der Waals surface area contributed by atoms with Crippen LogP contribution in [-0.4, -0.2) is 11.9 Å². The highest BCUT2D eigenvalue weighted by Gasteiger charge is 2.22. The maximum atomic E-state index is 12.3. The van der Waals surface area contributed by atoms with Crippen molar-refractivity contribution in [3.63, 3.8) is 0 Å². The monoisotopic (exact) mass is 335 g/mol. The maximum absolute atomic E-state index is 12.3. The second kappa shape index (κ2) is 7.29. The molecule has 22 heavy (non-hydrogen) atoms. The minimum atomic E-state index is -0.555. The van der Waals surface area contributed by atoms with Crippen molar-refractivity contribution >= 4 is 35.1 Å². The van der Waals surface area contributed by atoms with Crippen molar-refractivity contribution in [3.05, 3.63) is 69.7 Å². The summed E-state index contributed by atoms with van der Waals surface area (Å²) in [6.07, 6.45) is 0.385. The van der Waals surface area contributed by atoms with Crippen LogP contribution < -0.4 is 11.5 Å². The molecule has 0 radical (unpaired) electrons. The van der Waals surface area contributed by atoms with Crippen LogP contribution >= 0.6 is 23.2 Å². The van der Waals surface area contributed by atoms with E-state index in [-0.39, 0.29) is 5.96 Å². The molecule has 2 aromatic carbocycles. The third-order valence-corrected chi connectivity index (χ3v) is 3.77. The molecule has 4 nitrogen and oxygen atoms in total. The zero-order valence-corrected chi connectivity index (χ0v) is 13.2. The third kappa shape index (κ3) is 4.23. The molecule has 0 spiro atoms. The van der Waals surface area contributed by atoms with Gasteiger partial charge in [-0.05, 0) is 35.7 Å². The van der Waals surface area contributed by atoms with Gasteiger partial charge >= 0.3 is 0 Å². The molecule has 1 amide bonds. The minimum Gasteiger partial charge on any atom is -0.370 e. The predicted molar refractivity (Wildman–Crippen MR) is 90.2 cm³/mol. The molecule has 114 valence electrons. The Kier molecular flexibility index (Phi) is 5.41. The first-order valence-electron chi connectivity index (χ1n) is 6.59. The fourth-order valence-electron chi connectivity index (χ4n) is 2.16. The van der Waals surface area contributed by atoms with E-state index in [0.717, 1.165) is 11.1 Å². The summed E-state index contributed by atoms with van der Waals surface area (Å²) in [6.45, 7) is 0. The highest BCUT2D eigenvalue weighted by molar-refractivity contribution is 6.31. The molecule has 4 N–H and O–H groups in total. The summed E-state index contributed by atoms with van der Waals surface area (Å²) in [5.74, 6) is -1.25. The van der Waals surface area contributed by atoms with Crippen LogP contribution in [0.2, 0.25) is 10.0 Å². The highest BCUT2D eigenvalue weighted by Crippen LogP contribution is 2.28. The number of nitrogens with two attached hydrogens (primary N) is 2. The van der Waals surface area contributed by atoms with Gasteiger partial charge in [0.15, 0.2) is 5.96 Å². The van der Waals surface area contributed by atoms with Crippen molar-refractivity contribution in [2.24, 2.45) is 16.5 Å². The normalized spacial score (nSPS) is 11.7. The van der Waals surface area contributed by atoms with E-state index in [2.05, 4.69) is 4.99 Å². The molecule has 2 aromatic rings. The number of amides is 1. The van der Waals surface area contributed by atoms with Crippen LogP contribution in [0.3, 0.4) is 0 Å². The lowest BCUT2D eigenvalue weighted by atomic mass is 9.91. The first-order chi connectivity index (χ1) is 10.5. The molecule has 6 heteroatoms. The van der Waals surface area contributed by atoms with Crippen molar-refractivity contribution in [2.75, 3.05) is 0 Å². The summed E-state index contributed by atoms with van der Waals surface area (Å²) >= 11 is 12.2. The van der Waals surface area contributed by atoms with E-state index in [4.69, 9.17) is 34.7 Å². The smallest absolute Gasteiger partial charge is 0.256 e. The Balaban J connectivity index is 2.40. The van der Waals surface area contributed by atoms with Crippen LogP contribution in [0.15, 0.2) is 53.5 Å². The van der Waals surface area contributed by atoms with Crippen LogP contribution in [0.5, 0.6) is 0 Å². The van der Waals surface area contributed by atoms with E-state index < -0.39 is 11.8 Å². The molecule has 0 saturated heterocycles. The van der Waals surface area contributed by atoms with Crippen molar-refractivity contribution in [1.82, 2.24) is 0 Å². The van der Waals surface area contributed by atoms with Gasteiger partial charge < -0.3 is 11.5 Å². The number of aliphatic imine (C=N–C) groups is 1. The van der Waals surface area contributed by atoms with Crippen molar-refractivity contribution in [1.29, 1.82) is 0 Å². The Labute approximate surface area is 138 Å². The number of carbonyl (C=O) groups is 1. The average molecular weight is 336 g/mol. The lowest BCUT2D eigenvalue weighted by Gasteiger charge is -2.15. The third-order valence-electron chi connectivity index (χ3n) is 3.17. The lowest BCUT2D eigenvalue weighted by molar-refractivity contribution is -0.119. The summed E-state index contributed by atoms with van der Waals surface area (Å²) < 4.78 is 0. The Morgan fingerprint density at radius 1 is 1.09 bits per heavy atom. The van der Waals surface area contributed by atoms with Gasteiger partial charge in [-0.25, -0.2) is 0 Å². The zero-order chi connectivity index (χ0) is 16.1. The standard InChI is InChI=1S/C16H15Cl2N3O/c17-12-6-3-5-10(8-12)13(15(22)21-16(19)20)9-11-4-1-2-7-14(11)18/h1-8,13H,9H2,(H4,19,20,21,22). The average Bonchev–Trinajstić information content (AvgIpc) is 2.45. The van der Waals surface area contributed by atoms with E-state index >= 15 is 0 Å². The first-order valence-corrected chi connectivity index (χ1v) is 7.35. The largest absolute Gasteiger partial charge is 0.370 e. The molecule has 0 aliphatic heterocycles. The number of nitrogens with zero attached hydrogens (tertiary/aromatic N) is 1. The van der Waals surface area contributed by atoms with E-state index in [1.807, 2.05) is 24.3 Å². The number of benzene rings is 2. The predicted octanol–water partition coefficient (Wildman–Crippen LogP) is 3.12. The maximum Gasteiger partial charge on any atom is 0.256 e. The van der Waals surface area contributed by atoms with Gasteiger partial charge in [0.05, 0.1) is 5.92 Å². The topological polar surface area (TPSA) is 81.5 Å². The molecule has 0 bridgehead atoms. The number of hydrogen-bond acceptors (Lipinski definition) is 1. The van der Waals surface area contributed by atoms with Crippen LogP contribution in [0.4, 0.5) is 0 Å². The molecule has 1 unspecified atom stereocenters. The number of hydrogen-bond donors (Lipinski definition) is 2. The number of rotatable bonds is 4. The van der Waals surface area contributed by atoms with Crippen molar-refractivity contribution < 1.29 is 4.79 Å². The van der Waals surface area contributed by atoms with Gasteiger partial charge in [0.2, 0.25) is 0 Å². The van der Waals surface area contributed by atoms with Gasteiger partial charge in [0.1, 0.15) is 0 Å². The summed E-state index contributed by atoms with van der Waals surface area (Å²) in [5, 5.41) is 1.13. The molecule has 0 aliphatic carbocycles. The van der Waals surface area contributed by atoms with Crippen LogP contribution in [0, 0.1) is 0 Å². The molecule has 0 fully saturated rings. The second-order valence-corrected chi connectivity index (χ2v) is 5.62. The summed E-state index contributed by atoms with van der Waals surface area (Å²) in [5.41, 5.74) is 12.2. The molecule has 0 heterocycles. The number of halogens is 2. The first kappa shape index (κ1) is 16.3. The Hall–Kier alpha value is -2.04. The summed E-state index contributed by atoms with van der Waals surface area (Å²) in [6, 6.07) is 14.4. The lowest BCUT2D eigenvalue weighted by Crippen LogP contribution is -2.26. The summed E-state index contributed by atoms with van der Waals surface area (Å²) in [7, 11) is 0. The van der Waals surface area contributed by atoms with E-state index in [1.165, 1.54) is 0 Å². The van der Waals surface area contributed by atoms with Gasteiger partial charge in [0.25, 0.3) is 5.91 Å². The fraction of sp³-hybridized carbons (Fsp3) is 0.125. The molecule has 0 aliphatic rings. The fourth-order valence-corrected chi connectivity index (χ4v) is 2.57. The van der Waals surface area contributed by atoms with Gasteiger partial charge in [0, 0.05) is 10.0 Å².